The first-order valence-corrected chi connectivity index (χ1v) is 8.72. The van der Waals surface area contributed by atoms with Crippen molar-refractivity contribution in [2.75, 3.05) is 7.11 Å². The molecule has 124 valence electrons. The van der Waals surface area contributed by atoms with Crippen LogP contribution in [-0.4, -0.2) is 17.3 Å². The molecule has 5 heteroatoms. The van der Waals surface area contributed by atoms with Crippen molar-refractivity contribution in [3.8, 4) is 22.1 Å². The minimum absolute atomic E-state index is 0.0868. The van der Waals surface area contributed by atoms with E-state index < -0.39 is 0 Å². The van der Waals surface area contributed by atoms with E-state index in [0.717, 1.165) is 33.5 Å². The molecule has 0 radical (unpaired) electrons. The summed E-state index contributed by atoms with van der Waals surface area (Å²) in [6, 6.07) is 15.9. The molecule has 1 heterocycles. The van der Waals surface area contributed by atoms with E-state index in [1.54, 1.807) is 18.4 Å². The zero-order valence-electron chi connectivity index (χ0n) is 14.0. The normalized spacial score (nSPS) is 12.0. The molecular weight excluding hydrogens is 320 g/mol. The lowest BCUT2D eigenvalue weighted by molar-refractivity contribution is 0.200. The van der Waals surface area contributed by atoms with Crippen molar-refractivity contribution < 1.29 is 9.47 Å². The van der Waals surface area contributed by atoms with Gasteiger partial charge in [0.05, 0.1) is 7.11 Å². The molecule has 1 aromatic heterocycles. The fourth-order valence-electron chi connectivity index (χ4n) is 2.38. The fourth-order valence-corrected chi connectivity index (χ4v) is 3.34. The standard InChI is InChI=1S/C19H20N2O2S/c1-4-17(23-16-7-5-6-13(2)12-16)19-21-20-18(24-19)14-8-10-15(22-3)11-9-14/h5-12,17H,4H2,1-3H3. The molecule has 0 N–H and O–H groups in total. The van der Waals surface area contributed by atoms with Crippen LogP contribution in [0.4, 0.5) is 0 Å². The number of aromatic nitrogens is 2. The van der Waals surface area contributed by atoms with E-state index in [9.17, 15) is 0 Å². The van der Waals surface area contributed by atoms with Gasteiger partial charge in [-0.25, -0.2) is 0 Å². The summed E-state index contributed by atoms with van der Waals surface area (Å²) >= 11 is 1.57. The van der Waals surface area contributed by atoms with Crippen LogP contribution in [-0.2, 0) is 0 Å². The summed E-state index contributed by atoms with van der Waals surface area (Å²) in [7, 11) is 1.66. The van der Waals surface area contributed by atoms with E-state index in [2.05, 4.69) is 30.1 Å². The predicted molar refractivity (Wildman–Crippen MR) is 96.7 cm³/mol. The molecule has 0 saturated heterocycles. The van der Waals surface area contributed by atoms with Crippen LogP contribution in [0.25, 0.3) is 10.6 Å². The largest absolute Gasteiger partial charge is 0.497 e. The molecule has 0 aliphatic carbocycles. The second-order valence-corrected chi connectivity index (χ2v) is 6.51. The SMILES string of the molecule is CCC(Oc1cccc(C)c1)c1nnc(-c2ccc(OC)cc2)s1. The van der Waals surface area contributed by atoms with E-state index in [4.69, 9.17) is 9.47 Å². The molecule has 0 fully saturated rings. The minimum Gasteiger partial charge on any atom is -0.497 e. The molecule has 0 amide bonds. The van der Waals surface area contributed by atoms with Gasteiger partial charge in [-0.15, -0.1) is 10.2 Å². The number of nitrogens with zero attached hydrogens (tertiary/aromatic N) is 2. The number of hydrogen-bond donors (Lipinski definition) is 0. The first-order chi connectivity index (χ1) is 11.7. The highest BCUT2D eigenvalue weighted by Crippen LogP contribution is 2.32. The lowest BCUT2D eigenvalue weighted by Gasteiger charge is -2.14. The second-order valence-electron chi connectivity index (χ2n) is 5.51. The van der Waals surface area contributed by atoms with Gasteiger partial charge in [0.1, 0.15) is 16.5 Å². The highest BCUT2D eigenvalue weighted by molar-refractivity contribution is 7.14. The maximum Gasteiger partial charge on any atom is 0.158 e. The van der Waals surface area contributed by atoms with Crippen molar-refractivity contribution in [2.24, 2.45) is 0 Å². The Morgan fingerprint density at radius 3 is 2.50 bits per heavy atom. The minimum atomic E-state index is -0.0868. The molecule has 3 aromatic rings. The lowest BCUT2D eigenvalue weighted by atomic mass is 10.2. The van der Waals surface area contributed by atoms with Crippen molar-refractivity contribution in [2.45, 2.75) is 26.4 Å². The zero-order valence-corrected chi connectivity index (χ0v) is 14.8. The number of ether oxygens (including phenoxy) is 2. The van der Waals surface area contributed by atoms with Crippen molar-refractivity contribution in [1.82, 2.24) is 10.2 Å². The van der Waals surface area contributed by atoms with Crippen LogP contribution >= 0.6 is 11.3 Å². The highest BCUT2D eigenvalue weighted by atomic mass is 32.1. The van der Waals surface area contributed by atoms with Crippen LogP contribution in [0.2, 0.25) is 0 Å². The van der Waals surface area contributed by atoms with Gasteiger partial charge in [-0.3, -0.25) is 0 Å². The summed E-state index contributed by atoms with van der Waals surface area (Å²) < 4.78 is 11.3. The Labute approximate surface area is 146 Å². The number of rotatable bonds is 6. The summed E-state index contributed by atoms with van der Waals surface area (Å²) in [5, 5.41) is 10.4. The highest BCUT2D eigenvalue weighted by Gasteiger charge is 2.18. The Balaban J connectivity index is 1.79. The summed E-state index contributed by atoms with van der Waals surface area (Å²) in [6.07, 6.45) is 0.752. The third-order valence-electron chi connectivity index (χ3n) is 3.69. The van der Waals surface area contributed by atoms with Gasteiger partial charge in [0.25, 0.3) is 0 Å². The Bertz CT molecular complexity index is 799. The first kappa shape index (κ1) is 16.5. The smallest absolute Gasteiger partial charge is 0.158 e. The molecule has 24 heavy (non-hydrogen) atoms. The third-order valence-corrected chi connectivity index (χ3v) is 4.76. The van der Waals surface area contributed by atoms with Crippen LogP contribution in [0.15, 0.2) is 48.5 Å². The average Bonchev–Trinajstić information content (AvgIpc) is 3.10. The topological polar surface area (TPSA) is 44.2 Å². The van der Waals surface area contributed by atoms with Crippen molar-refractivity contribution >= 4 is 11.3 Å². The Kier molecular flexibility index (Phi) is 5.11. The first-order valence-electron chi connectivity index (χ1n) is 7.90. The molecule has 1 atom stereocenters. The zero-order chi connectivity index (χ0) is 16.9. The number of hydrogen-bond acceptors (Lipinski definition) is 5. The predicted octanol–water partition coefficient (Wildman–Crippen LogP) is 5.05. The van der Waals surface area contributed by atoms with Gasteiger partial charge in [-0.05, 0) is 55.3 Å². The van der Waals surface area contributed by atoms with E-state index in [1.165, 1.54) is 5.56 Å². The van der Waals surface area contributed by atoms with Crippen LogP contribution in [0.5, 0.6) is 11.5 Å². The molecule has 0 spiro atoms. The molecule has 0 bridgehead atoms. The van der Waals surface area contributed by atoms with Gasteiger partial charge >= 0.3 is 0 Å². The Morgan fingerprint density at radius 1 is 1.04 bits per heavy atom. The summed E-state index contributed by atoms with van der Waals surface area (Å²) in [6.45, 7) is 4.15. The quantitative estimate of drug-likeness (QED) is 0.630. The molecule has 0 saturated carbocycles. The Hall–Kier alpha value is -2.40. The van der Waals surface area contributed by atoms with Gasteiger partial charge in [0.15, 0.2) is 11.1 Å². The summed E-state index contributed by atoms with van der Waals surface area (Å²) in [5.41, 5.74) is 2.21. The van der Waals surface area contributed by atoms with Crippen molar-refractivity contribution in [3.05, 3.63) is 59.1 Å². The lowest BCUT2D eigenvalue weighted by Crippen LogP contribution is -2.06. The van der Waals surface area contributed by atoms with Crippen LogP contribution < -0.4 is 9.47 Å². The summed E-state index contributed by atoms with van der Waals surface area (Å²) in [4.78, 5) is 0. The molecule has 4 nitrogen and oxygen atoms in total. The number of methoxy groups -OCH3 is 1. The molecule has 2 aromatic carbocycles. The third kappa shape index (κ3) is 3.74. The van der Waals surface area contributed by atoms with Gasteiger partial charge in [0, 0.05) is 5.56 Å². The Morgan fingerprint density at radius 2 is 1.83 bits per heavy atom. The molecule has 0 aliphatic heterocycles. The maximum atomic E-state index is 6.10. The van der Waals surface area contributed by atoms with Gasteiger partial charge in [-0.1, -0.05) is 30.4 Å². The monoisotopic (exact) mass is 340 g/mol. The number of aryl methyl sites for hydroxylation is 1. The van der Waals surface area contributed by atoms with Gasteiger partial charge in [0.2, 0.25) is 0 Å². The van der Waals surface area contributed by atoms with Gasteiger partial charge < -0.3 is 9.47 Å². The van der Waals surface area contributed by atoms with Crippen molar-refractivity contribution in [1.29, 1.82) is 0 Å². The van der Waals surface area contributed by atoms with E-state index >= 15 is 0 Å². The van der Waals surface area contributed by atoms with E-state index in [0.29, 0.717) is 0 Å². The van der Waals surface area contributed by atoms with Crippen LogP contribution in [0.3, 0.4) is 0 Å². The maximum absolute atomic E-state index is 6.10. The molecular formula is C19H20N2O2S. The van der Waals surface area contributed by atoms with Crippen molar-refractivity contribution in [3.63, 3.8) is 0 Å². The second kappa shape index (κ2) is 7.45. The number of benzene rings is 2. The van der Waals surface area contributed by atoms with Crippen LogP contribution in [0, 0.1) is 6.92 Å². The van der Waals surface area contributed by atoms with Crippen LogP contribution in [0.1, 0.15) is 30.0 Å². The fraction of sp³-hybridized carbons (Fsp3) is 0.263. The molecule has 3 rings (SSSR count). The average molecular weight is 340 g/mol. The van der Waals surface area contributed by atoms with E-state index in [-0.39, 0.29) is 6.10 Å². The van der Waals surface area contributed by atoms with E-state index in [1.807, 2.05) is 42.5 Å². The molecule has 0 aliphatic rings. The molecule has 1 unspecified atom stereocenters. The summed E-state index contributed by atoms with van der Waals surface area (Å²) in [5.74, 6) is 1.70. The van der Waals surface area contributed by atoms with Gasteiger partial charge in [-0.2, -0.15) is 0 Å².